The van der Waals surface area contributed by atoms with Crippen LogP contribution in [0.1, 0.15) is 5.56 Å². The molecule has 6 nitrogen and oxygen atoms in total. The van der Waals surface area contributed by atoms with Gasteiger partial charge in [0, 0.05) is 17.8 Å². The SMILES string of the molecule is COC(=O)COC(=O)/C=C/c1cn(-c2ccccc2)nc1-c1cccs1. The number of methoxy groups -OCH3 is 1. The number of carbonyl (C=O) groups is 2. The molecule has 0 amide bonds. The molecule has 0 aliphatic carbocycles. The van der Waals surface area contributed by atoms with E-state index < -0.39 is 18.5 Å². The average molecular weight is 368 g/mol. The molecule has 132 valence electrons. The first kappa shape index (κ1) is 17.6. The summed E-state index contributed by atoms with van der Waals surface area (Å²) in [7, 11) is 1.23. The van der Waals surface area contributed by atoms with Crippen LogP contribution in [-0.4, -0.2) is 35.4 Å². The van der Waals surface area contributed by atoms with E-state index in [9.17, 15) is 9.59 Å². The summed E-state index contributed by atoms with van der Waals surface area (Å²) in [5.74, 6) is -1.23. The van der Waals surface area contributed by atoms with Gasteiger partial charge in [-0.05, 0) is 29.7 Å². The fourth-order valence-electron chi connectivity index (χ4n) is 2.22. The molecule has 0 saturated carbocycles. The lowest BCUT2D eigenvalue weighted by Gasteiger charge is -1.99. The maximum Gasteiger partial charge on any atom is 0.344 e. The van der Waals surface area contributed by atoms with Gasteiger partial charge in [0.2, 0.25) is 0 Å². The molecular formula is C19H16N2O4S. The molecule has 26 heavy (non-hydrogen) atoms. The number of hydrogen-bond acceptors (Lipinski definition) is 6. The van der Waals surface area contributed by atoms with Crippen molar-refractivity contribution in [2.45, 2.75) is 0 Å². The first-order valence-corrected chi connectivity index (χ1v) is 8.66. The minimum absolute atomic E-state index is 0.416. The molecule has 0 unspecified atom stereocenters. The van der Waals surface area contributed by atoms with Crippen molar-refractivity contribution in [1.82, 2.24) is 9.78 Å². The van der Waals surface area contributed by atoms with E-state index in [0.29, 0.717) is 0 Å². The van der Waals surface area contributed by atoms with Crippen LogP contribution >= 0.6 is 11.3 Å². The number of ether oxygens (including phenoxy) is 2. The number of para-hydroxylation sites is 1. The zero-order chi connectivity index (χ0) is 18.4. The summed E-state index contributed by atoms with van der Waals surface area (Å²) in [5.41, 5.74) is 2.45. The van der Waals surface area contributed by atoms with E-state index >= 15 is 0 Å². The number of nitrogens with zero attached hydrogens (tertiary/aromatic N) is 2. The molecule has 0 atom stereocenters. The Hall–Kier alpha value is -3.19. The molecule has 7 heteroatoms. The fraction of sp³-hybridized carbons (Fsp3) is 0.105. The van der Waals surface area contributed by atoms with Crippen molar-refractivity contribution >= 4 is 29.4 Å². The summed E-state index contributed by atoms with van der Waals surface area (Å²) in [5, 5.41) is 6.61. The Morgan fingerprint density at radius 3 is 2.69 bits per heavy atom. The van der Waals surface area contributed by atoms with Gasteiger partial charge < -0.3 is 9.47 Å². The van der Waals surface area contributed by atoms with Gasteiger partial charge >= 0.3 is 11.9 Å². The van der Waals surface area contributed by atoms with Gasteiger partial charge in [0.25, 0.3) is 0 Å². The summed E-state index contributed by atoms with van der Waals surface area (Å²) in [6, 6.07) is 13.6. The minimum atomic E-state index is -0.625. The van der Waals surface area contributed by atoms with Crippen LogP contribution in [0.2, 0.25) is 0 Å². The number of thiophene rings is 1. The molecule has 0 fully saturated rings. The number of esters is 2. The quantitative estimate of drug-likeness (QED) is 0.493. The topological polar surface area (TPSA) is 70.4 Å². The van der Waals surface area contributed by atoms with Crippen molar-refractivity contribution in [3.8, 4) is 16.3 Å². The van der Waals surface area contributed by atoms with Gasteiger partial charge in [-0.25, -0.2) is 14.3 Å². The number of rotatable bonds is 6. The molecule has 0 spiro atoms. The Morgan fingerprint density at radius 1 is 1.19 bits per heavy atom. The van der Waals surface area contributed by atoms with Gasteiger partial charge in [0.1, 0.15) is 5.69 Å². The smallest absolute Gasteiger partial charge is 0.344 e. The van der Waals surface area contributed by atoms with E-state index in [-0.39, 0.29) is 0 Å². The van der Waals surface area contributed by atoms with Crippen LogP contribution in [0, 0.1) is 0 Å². The van der Waals surface area contributed by atoms with Crippen LogP contribution in [0.4, 0.5) is 0 Å². The molecule has 1 aromatic carbocycles. The van der Waals surface area contributed by atoms with Crippen molar-refractivity contribution in [3.63, 3.8) is 0 Å². The summed E-state index contributed by atoms with van der Waals surface area (Å²) >= 11 is 1.56. The van der Waals surface area contributed by atoms with Crippen LogP contribution < -0.4 is 0 Å². The van der Waals surface area contributed by atoms with Crippen LogP contribution in [0.3, 0.4) is 0 Å². The summed E-state index contributed by atoms with van der Waals surface area (Å²) < 4.78 is 11.0. The van der Waals surface area contributed by atoms with Crippen molar-refractivity contribution < 1.29 is 19.1 Å². The lowest BCUT2D eigenvalue weighted by atomic mass is 10.2. The monoisotopic (exact) mass is 368 g/mol. The highest BCUT2D eigenvalue weighted by atomic mass is 32.1. The highest BCUT2D eigenvalue weighted by Gasteiger charge is 2.12. The minimum Gasteiger partial charge on any atom is -0.466 e. The Bertz CT molecular complexity index is 914. The normalized spacial score (nSPS) is 10.8. The Morgan fingerprint density at radius 2 is 2.00 bits per heavy atom. The largest absolute Gasteiger partial charge is 0.466 e. The molecule has 2 heterocycles. The fourth-order valence-corrected chi connectivity index (χ4v) is 2.95. The van der Waals surface area contributed by atoms with Gasteiger partial charge in [-0.15, -0.1) is 11.3 Å². The van der Waals surface area contributed by atoms with Gasteiger partial charge in [0.05, 0.1) is 17.7 Å². The second-order valence-corrected chi connectivity index (χ2v) is 6.16. The molecule has 0 bridgehead atoms. The molecular weight excluding hydrogens is 352 g/mol. The number of benzene rings is 1. The van der Waals surface area contributed by atoms with Gasteiger partial charge in [-0.2, -0.15) is 5.10 Å². The number of carbonyl (C=O) groups excluding carboxylic acids is 2. The Balaban J connectivity index is 1.85. The van der Waals surface area contributed by atoms with E-state index in [2.05, 4.69) is 9.84 Å². The lowest BCUT2D eigenvalue weighted by Crippen LogP contribution is -2.13. The maximum atomic E-state index is 11.8. The maximum absolute atomic E-state index is 11.8. The van der Waals surface area contributed by atoms with Crippen molar-refractivity contribution in [2.24, 2.45) is 0 Å². The zero-order valence-corrected chi connectivity index (χ0v) is 14.8. The van der Waals surface area contributed by atoms with E-state index in [1.54, 1.807) is 22.1 Å². The predicted molar refractivity (Wildman–Crippen MR) is 98.9 cm³/mol. The van der Waals surface area contributed by atoms with Crippen molar-refractivity contribution in [3.05, 3.63) is 65.7 Å². The van der Waals surface area contributed by atoms with Crippen LogP contribution in [-0.2, 0) is 19.1 Å². The van der Waals surface area contributed by atoms with Crippen LogP contribution in [0.5, 0.6) is 0 Å². The molecule has 2 aromatic heterocycles. The summed E-state index contributed by atoms with van der Waals surface area (Å²) in [6.07, 6.45) is 4.74. The van der Waals surface area contributed by atoms with Crippen LogP contribution in [0.25, 0.3) is 22.3 Å². The van der Waals surface area contributed by atoms with Gasteiger partial charge in [-0.1, -0.05) is 24.3 Å². The van der Waals surface area contributed by atoms with Gasteiger partial charge in [0.15, 0.2) is 6.61 Å². The molecule has 0 saturated heterocycles. The summed E-state index contributed by atoms with van der Waals surface area (Å²) in [6.45, 7) is -0.416. The van der Waals surface area contributed by atoms with E-state index in [1.807, 2.05) is 54.0 Å². The third kappa shape index (κ3) is 4.25. The average Bonchev–Trinajstić information content (AvgIpc) is 3.34. The molecule has 0 aliphatic heterocycles. The summed E-state index contributed by atoms with van der Waals surface area (Å²) in [4.78, 5) is 23.8. The number of hydrogen-bond donors (Lipinski definition) is 0. The zero-order valence-electron chi connectivity index (χ0n) is 14.0. The highest BCUT2D eigenvalue weighted by Crippen LogP contribution is 2.28. The van der Waals surface area contributed by atoms with Crippen LogP contribution in [0.15, 0.2) is 60.1 Å². The molecule has 3 rings (SSSR count). The van der Waals surface area contributed by atoms with E-state index in [0.717, 1.165) is 21.8 Å². The lowest BCUT2D eigenvalue weighted by molar-refractivity contribution is -0.154. The molecule has 0 aliphatic rings. The molecule has 0 radical (unpaired) electrons. The highest BCUT2D eigenvalue weighted by molar-refractivity contribution is 7.13. The second kappa shape index (κ2) is 8.26. The predicted octanol–water partition coefficient (Wildman–Crippen LogP) is 3.33. The van der Waals surface area contributed by atoms with Crippen molar-refractivity contribution in [1.29, 1.82) is 0 Å². The Kier molecular flexibility index (Phi) is 5.60. The van der Waals surface area contributed by atoms with E-state index in [1.165, 1.54) is 13.2 Å². The first-order valence-electron chi connectivity index (χ1n) is 7.78. The standard InChI is InChI=1S/C19H16N2O4S/c1-24-18(23)13-25-17(22)10-9-14-12-21(15-6-3-2-4-7-15)20-19(14)16-8-5-11-26-16/h2-12H,13H2,1H3/b10-9+. The Labute approximate surface area is 154 Å². The second-order valence-electron chi connectivity index (χ2n) is 5.21. The van der Waals surface area contributed by atoms with E-state index in [4.69, 9.17) is 4.74 Å². The van der Waals surface area contributed by atoms with Gasteiger partial charge in [-0.3, -0.25) is 0 Å². The third-order valence-corrected chi connectivity index (χ3v) is 4.35. The third-order valence-electron chi connectivity index (χ3n) is 3.48. The number of aromatic nitrogens is 2. The molecule has 3 aromatic rings. The first-order chi connectivity index (χ1) is 12.7. The molecule has 0 N–H and O–H groups in total. The van der Waals surface area contributed by atoms with Crippen molar-refractivity contribution in [2.75, 3.05) is 13.7 Å².